The third-order valence-corrected chi connectivity index (χ3v) is 2.69. The van der Waals surface area contributed by atoms with Crippen LogP contribution in [0.4, 0.5) is 0 Å². The molecule has 2 rings (SSSR count). The molecule has 4 heteroatoms. The Morgan fingerprint density at radius 3 is 3.00 bits per heavy atom. The van der Waals surface area contributed by atoms with E-state index in [-0.39, 0.29) is 0 Å². The number of hydrogen-bond donors (Lipinski definition) is 2. The highest BCUT2D eigenvalue weighted by Crippen LogP contribution is 2.14. The van der Waals surface area contributed by atoms with Gasteiger partial charge in [-0.25, -0.2) is 0 Å². The summed E-state index contributed by atoms with van der Waals surface area (Å²) < 4.78 is 0. The first-order chi connectivity index (χ1) is 8.16. The van der Waals surface area contributed by atoms with E-state index in [1.54, 1.807) is 13.1 Å². The summed E-state index contributed by atoms with van der Waals surface area (Å²) in [6.45, 7) is 2.18. The fraction of sp³-hybridized carbons (Fsp3) is 0.231. The molecule has 0 saturated heterocycles. The Bertz CT molecular complexity index is 540. The third-order valence-electron chi connectivity index (χ3n) is 2.69. The van der Waals surface area contributed by atoms with Gasteiger partial charge in [-0.05, 0) is 30.0 Å². The predicted octanol–water partition coefficient (Wildman–Crippen LogP) is 1.80. The van der Waals surface area contributed by atoms with E-state index in [4.69, 9.17) is 5.11 Å². The number of pyridine rings is 1. The van der Waals surface area contributed by atoms with Crippen LogP contribution in [-0.4, -0.2) is 22.1 Å². The maximum absolute atomic E-state index is 10.7. The van der Waals surface area contributed by atoms with Crippen LogP contribution >= 0.6 is 0 Å². The van der Waals surface area contributed by atoms with Crippen molar-refractivity contribution >= 4 is 16.7 Å². The number of aliphatic carboxylic acids is 1. The molecule has 88 valence electrons. The number of benzene rings is 1. The molecule has 4 nitrogen and oxygen atoms in total. The van der Waals surface area contributed by atoms with E-state index >= 15 is 0 Å². The molecule has 1 unspecified atom stereocenters. The number of nitrogens with zero attached hydrogens (tertiary/aromatic N) is 1. The van der Waals surface area contributed by atoms with Crippen LogP contribution in [0.25, 0.3) is 10.8 Å². The fourth-order valence-electron chi connectivity index (χ4n) is 1.60. The van der Waals surface area contributed by atoms with Gasteiger partial charge in [0, 0.05) is 24.3 Å². The van der Waals surface area contributed by atoms with E-state index in [0.717, 1.165) is 16.3 Å². The lowest BCUT2D eigenvalue weighted by Crippen LogP contribution is -2.33. The van der Waals surface area contributed by atoms with Crippen molar-refractivity contribution in [2.75, 3.05) is 0 Å². The summed E-state index contributed by atoms with van der Waals surface area (Å²) in [7, 11) is 0. The molecule has 0 bridgehead atoms. The minimum absolute atomic E-state index is 0.539. The second-order valence-corrected chi connectivity index (χ2v) is 4.00. The number of nitrogens with one attached hydrogen (secondary N) is 1. The van der Waals surface area contributed by atoms with Crippen molar-refractivity contribution in [2.45, 2.75) is 19.5 Å². The van der Waals surface area contributed by atoms with Crippen molar-refractivity contribution in [3.63, 3.8) is 0 Å². The van der Waals surface area contributed by atoms with E-state index < -0.39 is 12.0 Å². The lowest BCUT2D eigenvalue weighted by molar-refractivity contribution is -0.139. The maximum atomic E-state index is 10.7. The Morgan fingerprint density at radius 1 is 1.41 bits per heavy atom. The summed E-state index contributed by atoms with van der Waals surface area (Å²) in [6.07, 6.45) is 3.56. The first kappa shape index (κ1) is 11.5. The lowest BCUT2D eigenvalue weighted by Gasteiger charge is -2.09. The van der Waals surface area contributed by atoms with Gasteiger partial charge in [-0.15, -0.1) is 0 Å². The molecule has 0 amide bonds. The normalized spacial score (nSPS) is 12.5. The predicted molar refractivity (Wildman–Crippen MR) is 65.7 cm³/mol. The van der Waals surface area contributed by atoms with E-state index in [1.807, 2.05) is 30.5 Å². The van der Waals surface area contributed by atoms with Crippen molar-refractivity contribution < 1.29 is 9.90 Å². The summed E-state index contributed by atoms with van der Waals surface area (Å²) >= 11 is 0. The highest BCUT2D eigenvalue weighted by Gasteiger charge is 2.09. The van der Waals surface area contributed by atoms with Crippen LogP contribution in [0.1, 0.15) is 12.5 Å². The number of carbonyl (C=O) groups is 1. The van der Waals surface area contributed by atoms with Gasteiger partial charge in [-0.3, -0.25) is 9.78 Å². The second-order valence-electron chi connectivity index (χ2n) is 4.00. The molecule has 0 radical (unpaired) electrons. The Kier molecular flexibility index (Phi) is 3.35. The molecule has 0 aliphatic heterocycles. The zero-order valence-electron chi connectivity index (χ0n) is 9.55. The molecule has 0 aliphatic carbocycles. The molecular weight excluding hydrogens is 216 g/mol. The number of hydrogen-bond acceptors (Lipinski definition) is 3. The molecule has 17 heavy (non-hydrogen) atoms. The van der Waals surface area contributed by atoms with Crippen LogP contribution in [0.2, 0.25) is 0 Å². The number of carboxylic acids is 1. The van der Waals surface area contributed by atoms with Crippen LogP contribution in [0.5, 0.6) is 0 Å². The van der Waals surface area contributed by atoms with Gasteiger partial charge in [-0.2, -0.15) is 0 Å². The summed E-state index contributed by atoms with van der Waals surface area (Å²) in [5.41, 5.74) is 1.07. The molecule has 0 spiro atoms. The standard InChI is InChI=1S/C13H14N2O2/c1-9(13(16)17)15-7-10-2-3-12-8-14-5-4-11(12)6-10/h2-6,8-9,15H,7H2,1H3,(H,16,17). The fourth-order valence-corrected chi connectivity index (χ4v) is 1.60. The van der Waals surface area contributed by atoms with Gasteiger partial charge < -0.3 is 10.4 Å². The van der Waals surface area contributed by atoms with Gasteiger partial charge >= 0.3 is 5.97 Å². The molecule has 0 fully saturated rings. The van der Waals surface area contributed by atoms with E-state index in [2.05, 4.69) is 10.3 Å². The summed E-state index contributed by atoms with van der Waals surface area (Å²) in [5.74, 6) is -0.838. The number of fused-ring (bicyclic) bond motifs is 1. The van der Waals surface area contributed by atoms with Crippen LogP contribution in [0.15, 0.2) is 36.7 Å². The minimum Gasteiger partial charge on any atom is -0.480 e. The van der Waals surface area contributed by atoms with Crippen molar-refractivity contribution in [3.05, 3.63) is 42.2 Å². The molecule has 1 aromatic heterocycles. The van der Waals surface area contributed by atoms with Crippen molar-refractivity contribution in [2.24, 2.45) is 0 Å². The first-order valence-corrected chi connectivity index (χ1v) is 5.45. The van der Waals surface area contributed by atoms with Crippen molar-refractivity contribution in [3.8, 4) is 0 Å². The Labute approximate surface area is 99.3 Å². The van der Waals surface area contributed by atoms with Gasteiger partial charge in [0.15, 0.2) is 0 Å². The van der Waals surface area contributed by atoms with Gasteiger partial charge in [0.25, 0.3) is 0 Å². The zero-order chi connectivity index (χ0) is 12.3. The maximum Gasteiger partial charge on any atom is 0.320 e. The van der Waals surface area contributed by atoms with Crippen molar-refractivity contribution in [1.82, 2.24) is 10.3 Å². The molecule has 0 saturated carbocycles. The summed E-state index contributed by atoms with van der Waals surface area (Å²) in [4.78, 5) is 14.7. The highest BCUT2D eigenvalue weighted by molar-refractivity contribution is 5.82. The number of aromatic nitrogens is 1. The average molecular weight is 230 g/mol. The lowest BCUT2D eigenvalue weighted by atomic mass is 10.1. The Balaban J connectivity index is 2.12. The highest BCUT2D eigenvalue weighted by atomic mass is 16.4. The third kappa shape index (κ3) is 2.79. The topological polar surface area (TPSA) is 62.2 Å². The Morgan fingerprint density at radius 2 is 2.24 bits per heavy atom. The molecule has 0 aliphatic rings. The average Bonchev–Trinajstić information content (AvgIpc) is 2.35. The monoisotopic (exact) mass is 230 g/mol. The largest absolute Gasteiger partial charge is 0.480 e. The molecule has 1 aromatic carbocycles. The van der Waals surface area contributed by atoms with Crippen LogP contribution in [0.3, 0.4) is 0 Å². The Hall–Kier alpha value is -1.94. The quantitative estimate of drug-likeness (QED) is 0.840. The molecule has 1 heterocycles. The van der Waals surface area contributed by atoms with Gasteiger partial charge in [0.05, 0.1) is 0 Å². The molecule has 1 atom stereocenters. The van der Waals surface area contributed by atoms with Crippen molar-refractivity contribution in [1.29, 1.82) is 0 Å². The van der Waals surface area contributed by atoms with Gasteiger partial charge in [-0.1, -0.05) is 12.1 Å². The zero-order valence-corrected chi connectivity index (χ0v) is 9.55. The number of carboxylic acid groups (broad SMARTS) is 1. The van der Waals surface area contributed by atoms with E-state index in [1.165, 1.54) is 0 Å². The smallest absolute Gasteiger partial charge is 0.320 e. The second kappa shape index (κ2) is 4.93. The van der Waals surface area contributed by atoms with Gasteiger partial charge in [0.2, 0.25) is 0 Å². The number of rotatable bonds is 4. The molecule has 2 aromatic rings. The SMILES string of the molecule is CC(NCc1ccc2cnccc2c1)C(=O)O. The summed E-state index contributed by atoms with van der Waals surface area (Å²) in [6, 6.07) is 7.41. The van der Waals surface area contributed by atoms with Gasteiger partial charge in [0.1, 0.15) is 6.04 Å². The molecular formula is C13H14N2O2. The van der Waals surface area contributed by atoms with Crippen LogP contribution < -0.4 is 5.32 Å². The van der Waals surface area contributed by atoms with E-state index in [9.17, 15) is 4.79 Å². The van der Waals surface area contributed by atoms with Crippen LogP contribution in [0, 0.1) is 0 Å². The molecule has 2 N–H and O–H groups in total. The van der Waals surface area contributed by atoms with E-state index in [0.29, 0.717) is 6.54 Å². The summed E-state index contributed by atoms with van der Waals surface area (Å²) in [5, 5.41) is 13.9. The van der Waals surface area contributed by atoms with Crippen LogP contribution in [-0.2, 0) is 11.3 Å². The minimum atomic E-state index is -0.838. The first-order valence-electron chi connectivity index (χ1n) is 5.45.